The fraction of sp³-hybridized carbons (Fsp3) is 0.333. The van der Waals surface area contributed by atoms with Crippen molar-refractivity contribution >= 4 is 5.97 Å². The molecular weight excluding hydrogens is 402 g/mol. The standard InChI is InChI=1S/C24H26F2N2O3/c1-3-7-20-21(22(25)26)27(14-4-2)24(31)28(20)15-16-10-12-17(13-11-16)18-8-5-6-9-19(18)23(29)30/h5-6,8-13,22H,3-4,7,14-15H2,1-2H3,(H,29,30). The van der Waals surface area contributed by atoms with Crippen LogP contribution in [0.25, 0.3) is 11.1 Å². The molecule has 0 spiro atoms. The van der Waals surface area contributed by atoms with Crippen LogP contribution in [0, 0.1) is 0 Å². The van der Waals surface area contributed by atoms with Crippen molar-refractivity contribution in [1.29, 1.82) is 0 Å². The zero-order chi connectivity index (χ0) is 22.5. The molecule has 3 aromatic rings. The maximum atomic E-state index is 13.8. The van der Waals surface area contributed by atoms with Crippen molar-refractivity contribution < 1.29 is 18.7 Å². The van der Waals surface area contributed by atoms with Crippen LogP contribution in [0.5, 0.6) is 0 Å². The molecule has 164 valence electrons. The van der Waals surface area contributed by atoms with Crippen LogP contribution in [-0.2, 0) is 19.5 Å². The minimum atomic E-state index is -2.71. The topological polar surface area (TPSA) is 64.2 Å². The molecule has 1 aromatic heterocycles. The van der Waals surface area contributed by atoms with Crippen molar-refractivity contribution in [3.05, 3.63) is 81.5 Å². The van der Waals surface area contributed by atoms with Gasteiger partial charge in [-0.05, 0) is 35.6 Å². The number of hydrogen-bond acceptors (Lipinski definition) is 2. The lowest BCUT2D eigenvalue weighted by molar-refractivity contribution is 0.0697. The number of nitrogens with zero attached hydrogens (tertiary/aromatic N) is 2. The van der Waals surface area contributed by atoms with E-state index in [1.165, 1.54) is 9.13 Å². The third kappa shape index (κ3) is 4.60. The first-order valence-corrected chi connectivity index (χ1v) is 10.4. The van der Waals surface area contributed by atoms with Gasteiger partial charge in [-0.2, -0.15) is 0 Å². The smallest absolute Gasteiger partial charge is 0.336 e. The number of imidazole rings is 1. The van der Waals surface area contributed by atoms with E-state index in [2.05, 4.69) is 0 Å². The number of carbonyl (C=O) groups is 1. The number of benzene rings is 2. The Bertz CT molecular complexity index is 1110. The molecule has 5 nitrogen and oxygen atoms in total. The molecule has 7 heteroatoms. The number of aromatic nitrogens is 2. The van der Waals surface area contributed by atoms with E-state index in [0.29, 0.717) is 30.5 Å². The van der Waals surface area contributed by atoms with Crippen molar-refractivity contribution in [3.63, 3.8) is 0 Å². The van der Waals surface area contributed by atoms with Gasteiger partial charge in [-0.3, -0.25) is 9.13 Å². The lowest BCUT2D eigenvalue weighted by Gasteiger charge is -2.10. The highest BCUT2D eigenvalue weighted by atomic mass is 19.3. The summed E-state index contributed by atoms with van der Waals surface area (Å²) in [5, 5.41) is 9.40. The van der Waals surface area contributed by atoms with Crippen LogP contribution < -0.4 is 5.69 Å². The summed E-state index contributed by atoms with van der Waals surface area (Å²) in [5.74, 6) is -1.01. The van der Waals surface area contributed by atoms with E-state index in [-0.39, 0.29) is 24.3 Å². The molecule has 0 aliphatic heterocycles. The molecule has 0 saturated carbocycles. The Kier molecular flexibility index (Phi) is 7.05. The van der Waals surface area contributed by atoms with Crippen LogP contribution in [-0.4, -0.2) is 20.2 Å². The lowest BCUT2D eigenvalue weighted by Crippen LogP contribution is -2.26. The average Bonchev–Trinajstić information content (AvgIpc) is 3.00. The highest BCUT2D eigenvalue weighted by molar-refractivity contribution is 5.95. The maximum Gasteiger partial charge on any atom is 0.336 e. The van der Waals surface area contributed by atoms with Gasteiger partial charge in [0.1, 0.15) is 5.69 Å². The Morgan fingerprint density at radius 1 is 1.00 bits per heavy atom. The van der Waals surface area contributed by atoms with E-state index >= 15 is 0 Å². The van der Waals surface area contributed by atoms with Gasteiger partial charge in [-0.1, -0.05) is 62.7 Å². The monoisotopic (exact) mass is 428 g/mol. The Morgan fingerprint density at radius 3 is 2.26 bits per heavy atom. The Morgan fingerprint density at radius 2 is 1.68 bits per heavy atom. The Balaban J connectivity index is 1.99. The number of halogens is 2. The minimum absolute atomic E-state index is 0.180. The number of rotatable bonds is 9. The van der Waals surface area contributed by atoms with E-state index in [4.69, 9.17) is 0 Å². The van der Waals surface area contributed by atoms with Gasteiger partial charge in [0.05, 0.1) is 12.1 Å². The summed E-state index contributed by atoms with van der Waals surface area (Å²) < 4.78 is 30.2. The largest absolute Gasteiger partial charge is 0.478 e. The summed E-state index contributed by atoms with van der Waals surface area (Å²) in [6.45, 7) is 4.20. The highest BCUT2D eigenvalue weighted by Crippen LogP contribution is 2.26. The molecule has 0 atom stereocenters. The lowest BCUT2D eigenvalue weighted by atomic mass is 9.99. The van der Waals surface area contributed by atoms with E-state index in [0.717, 1.165) is 11.1 Å². The molecular formula is C24H26F2N2O3. The molecule has 0 fully saturated rings. The van der Waals surface area contributed by atoms with Crippen LogP contribution in [0.4, 0.5) is 8.78 Å². The van der Waals surface area contributed by atoms with Crippen LogP contribution in [0.2, 0.25) is 0 Å². The van der Waals surface area contributed by atoms with Crippen LogP contribution >= 0.6 is 0 Å². The van der Waals surface area contributed by atoms with Gasteiger partial charge in [-0.25, -0.2) is 18.4 Å². The van der Waals surface area contributed by atoms with E-state index in [1.54, 1.807) is 48.5 Å². The molecule has 0 aliphatic carbocycles. The van der Waals surface area contributed by atoms with E-state index in [1.807, 2.05) is 13.8 Å². The zero-order valence-electron chi connectivity index (χ0n) is 17.6. The predicted molar refractivity (Wildman–Crippen MR) is 116 cm³/mol. The zero-order valence-corrected chi connectivity index (χ0v) is 17.6. The van der Waals surface area contributed by atoms with E-state index < -0.39 is 18.1 Å². The highest BCUT2D eigenvalue weighted by Gasteiger charge is 2.25. The average molecular weight is 428 g/mol. The SMILES string of the molecule is CCCc1c(C(F)F)n(CCC)c(=O)n1Cc1ccc(-c2ccccc2C(=O)O)cc1. The molecule has 2 aromatic carbocycles. The van der Waals surface area contributed by atoms with E-state index in [9.17, 15) is 23.5 Å². The quantitative estimate of drug-likeness (QED) is 0.499. The molecule has 0 unspecified atom stereocenters. The molecule has 1 N–H and O–H groups in total. The summed E-state index contributed by atoms with van der Waals surface area (Å²) in [6.07, 6.45) is -1.07. The second kappa shape index (κ2) is 9.73. The number of carboxylic acids is 1. The normalized spacial score (nSPS) is 11.3. The van der Waals surface area contributed by atoms with Gasteiger partial charge in [0.15, 0.2) is 0 Å². The number of aromatic carboxylic acids is 1. The first kappa shape index (κ1) is 22.5. The number of hydrogen-bond donors (Lipinski definition) is 1. The molecule has 0 radical (unpaired) electrons. The minimum Gasteiger partial charge on any atom is -0.478 e. The third-order valence-electron chi connectivity index (χ3n) is 5.28. The van der Waals surface area contributed by atoms with Gasteiger partial charge in [0, 0.05) is 12.2 Å². The van der Waals surface area contributed by atoms with Gasteiger partial charge in [0.2, 0.25) is 0 Å². The van der Waals surface area contributed by atoms with Crippen LogP contribution in [0.3, 0.4) is 0 Å². The van der Waals surface area contributed by atoms with Gasteiger partial charge in [-0.15, -0.1) is 0 Å². The molecule has 0 aliphatic rings. The number of alkyl halides is 2. The maximum absolute atomic E-state index is 13.8. The summed E-state index contributed by atoms with van der Waals surface area (Å²) in [4.78, 5) is 24.4. The molecule has 0 amide bonds. The second-order valence-electron chi connectivity index (χ2n) is 7.45. The number of carboxylic acid groups (broad SMARTS) is 1. The molecule has 3 rings (SSSR count). The van der Waals surface area contributed by atoms with Crippen LogP contribution in [0.15, 0.2) is 53.3 Å². The Labute approximate surface area is 179 Å². The van der Waals surface area contributed by atoms with Crippen molar-refractivity contribution in [2.75, 3.05) is 0 Å². The fourth-order valence-corrected chi connectivity index (χ4v) is 3.90. The summed E-state index contributed by atoms with van der Waals surface area (Å²) in [5.41, 5.74) is 2.11. The van der Waals surface area contributed by atoms with Crippen LogP contribution in [0.1, 0.15) is 60.4 Å². The van der Waals surface area contributed by atoms with Crippen molar-refractivity contribution in [1.82, 2.24) is 9.13 Å². The first-order valence-electron chi connectivity index (χ1n) is 10.4. The third-order valence-corrected chi connectivity index (χ3v) is 5.28. The molecule has 0 saturated heterocycles. The summed E-state index contributed by atoms with van der Waals surface area (Å²) in [7, 11) is 0. The van der Waals surface area contributed by atoms with Gasteiger partial charge >= 0.3 is 11.7 Å². The van der Waals surface area contributed by atoms with Gasteiger partial charge in [0.25, 0.3) is 6.43 Å². The summed E-state index contributed by atoms with van der Waals surface area (Å²) in [6, 6.07) is 13.9. The first-order chi connectivity index (χ1) is 14.9. The summed E-state index contributed by atoms with van der Waals surface area (Å²) >= 11 is 0. The van der Waals surface area contributed by atoms with Crippen molar-refractivity contribution in [2.45, 2.75) is 52.6 Å². The van der Waals surface area contributed by atoms with Crippen molar-refractivity contribution in [3.8, 4) is 11.1 Å². The molecule has 1 heterocycles. The van der Waals surface area contributed by atoms with Crippen molar-refractivity contribution in [2.24, 2.45) is 0 Å². The van der Waals surface area contributed by atoms with Gasteiger partial charge < -0.3 is 5.11 Å². The molecule has 31 heavy (non-hydrogen) atoms. The molecule has 0 bridgehead atoms. The predicted octanol–water partition coefficient (Wildman–Crippen LogP) is 5.36. The Hall–Kier alpha value is -3.22. The second-order valence-corrected chi connectivity index (χ2v) is 7.45. The fourth-order valence-electron chi connectivity index (χ4n) is 3.90.